The summed E-state index contributed by atoms with van der Waals surface area (Å²) in [6, 6.07) is 4.78. The molecule has 1 aromatic rings. The Morgan fingerprint density at radius 1 is 1.50 bits per heavy atom. The quantitative estimate of drug-likeness (QED) is 0.890. The van der Waals surface area contributed by atoms with Gasteiger partial charge < -0.3 is 10.2 Å². The average Bonchev–Trinajstić information content (AvgIpc) is 2.52. The monoisotopic (exact) mass is 276 g/mol. The van der Waals surface area contributed by atoms with Crippen molar-refractivity contribution in [2.75, 3.05) is 27.2 Å². The second-order valence-corrected chi connectivity index (χ2v) is 5.92. The highest BCUT2D eigenvalue weighted by Crippen LogP contribution is 2.29. The van der Waals surface area contributed by atoms with Gasteiger partial charge >= 0.3 is 0 Å². The Balaban J connectivity index is 2.67. The normalized spacial score (nSPS) is 13.5. The van der Waals surface area contributed by atoms with Crippen LogP contribution in [0.15, 0.2) is 15.9 Å². The largest absolute Gasteiger partial charge is 0.315 e. The Labute approximate surface area is 98.4 Å². The molecule has 14 heavy (non-hydrogen) atoms. The Morgan fingerprint density at radius 3 is 2.64 bits per heavy atom. The van der Waals surface area contributed by atoms with Crippen molar-refractivity contribution >= 4 is 27.3 Å². The van der Waals surface area contributed by atoms with Crippen LogP contribution in [-0.2, 0) is 0 Å². The van der Waals surface area contributed by atoms with Crippen LogP contribution in [-0.4, -0.2) is 32.1 Å². The molecular formula is C10H17BrN2S. The number of hydrogen-bond donors (Lipinski definition) is 1. The second-order valence-electron chi connectivity index (χ2n) is 3.43. The number of halogens is 1. The van der Waals surface area contributed by atoms with Crippen LogP contribution in [0.25, 0.3) is 0 Å². The third-order valence-corrected chi connectivity index (χ3v) is 3.86. The zero-order valence-electron chi connectivity index (χ0n) is 8.88. The van der Waals surface area contributed by atoms with Crippen LogP contribution in [0.3, 0.4) is 0 Å². The zero-order valence-corrected chi connectivity index (χ0v) is 11.3. The number of likely N-dealkylation sites (N-methyl/N-ethyl adjacent to an activating group) is 2. The Bertz CT molecular complexity index is 273. The molecule has 80 valence electrons. The maximum atomic E-state index is 3.50. The SMILES string of the molecule is CCNCC(c1ccc(Br)s1)N(C)C. The first-order valence-corrected chi connectivity index (χ1v) is 6.38. The van der Waals surface area contributed by atoms with Crippen LogP contribution in [0, 0.1) is 0 Å². The lowest BCUT2D eigenvalue weighted by Gasteiger charge is -2.23. The maximum Gasteiger partial charge on any atom is 0.0702 e. The van der Waals surface area contributed by atoms with E-state index in [9.17, 15) is 0 Å². The summed E-state index contributed by atoms with van der Waals surface area (Å²) in [6.45, 7) is 4.17. The second kappa shape index (κ2) is 5.85. The molecule has 4 heteroatoms. The molecule has 0 spiro atoms. The first kappa shape index (κ1) is 12.2. The molecule has 0 aliphatic rings. The van der Waals surface area contributed by atoms with Crippen LogP contribution >= 0.6 is 27.3 Å². The maximum absolute atomic E-state index is 3.50. The molecule has 0 aromatic carbocycles. The molecule has 1 atom stereocenters. The van der Waals surface area contributed by atoms with Crippen molar-refractivity contribution in [3.63, 3.8) is 0 Å². The standard InChI is InChI=1S/C10H17BrN2S/c1-4-12-7-8(13(2)3)9-5-6-10(11)14-9/h5-6,8,12H,4,7H2,1-3H3. The van der Waals surface area contributed by atoms with E-state index in [-0.39, 0.29) is 0 Å². The van der Waals surface area contributed by atoms with Crippen LogP contribution in [0.1, 0.15) is 17.8 Å². The summed E-state index contributed by atoms with van der Waals surface area (Å²) in [5, 5.41) is 3.39. The molecule has 2 nitrogen and oxygen atoms in total. The minimum absolute atomic E-state index is 0.478. The molecule has 0 amide bonds. The Hall–Kier alpha value is 0.1000. The van der Waals surface area contributed by atoms with Crippen molar-refractivity contribution in [2.45, 2.75) is 13.0 Å². The van der Waals surface area contributed by atoms with Crippen LogP contribution in [0.2, 0.25) is 0 Å². The summed E-state index contributed by atoms with van der Waals surface area (Å²) in [4.78, 5) is 3.66. The van der Waals surface area contributed by atoms with Gasteiger partial charge in [0, 0.05) is 11.4 Å². The fourth-order valence-corrected chi connectivity index (χ4v) is 2.95. The van der Waals surface area contributed by atoms with Gasteiger partial charge in [0.15, 0.2) is 0 Å². The van der Waals surface area contributed by atoms with Gasteiger partial charge in [0.1, 0.15) is 0 Å². The van der Waals surface area contributed by atoms with E-state index in [4.69, 9.17) is 0 Å². The van der Waals surface area contributed by atoms with Gasteiger partial charge in [-0.05, 0) is 48.7 Å². The molecule has 1 N–H and O–H groups in total. The molecule has 1 heterocycles. The van der Waals surface area contributed by atoms with E-state index >= 15 is 0 Å². The van der Waals surface area contributed by atoms with Crippen LogP contribution in [0.5, 0.6) is 0 Å². The highest BCUT2D eigenvalue weighted by atomic mass is 79.9. The third kappa shape index (κ3) is 3.35. The van der Waals surface area contributed by atoms with E-state index in [0.29, 0.717) is 6.04 Å². The highest BCUT2D eigenvalue weighted by molar-refractivity contribution is 9.11. The Morgan fingerprint density at radius 2 is 2.21 bits per heavy atom. The van der Waals surface area contributed by atoms with Gasteiger partial charge in [-0.3, -0.25) is 0 Å². The summed E-state index contributed by atoms with van der Waals surface area (Å²) >= 11 is 5.31. The minimum atomic E-state index is 0.478. The number of nitrogens with zero attached hydrogens (tertiary/aromatic N) is 1. The molecule has 1 unspecified atom stereocenters. The molecule has 1 rings (SSSR count). The van der Waals surface area contributed by atoms with E-state index in [1.165, 1.54) is 8.66 Å². The first-order valence-electron chi connectivity index (χ1n) is 4.77. The summed E-state index contributed by atoms with van der Waals surface area (Å²) < 4.78 is 1.20. The molecule has 0 fully saturated rings. The van der Waals surface area contributed by atoms with E-state index in [1.807, 2.05) is 11.3 Å². The van der Waals surface area contributed by atoms with Gasteiger partial charge in [-0.2, -0.15) is 0 Å². The lowest BCUT2D eigenvalue weighted by molar-refractivity contribution is 0.294. The molecule has 0 saturated carbocycles. The lowest BCUT2D eigenvalue weighted by atomic mass is 10.2. The lowest BCUT2D eigenvalue weighted by Crippen LogP contribution is -2.30. The summed E-state index contributed by atoms with van der Waals surface area (Å²) in [5.41, 5.74) is 0. The topological polar surface area (TPSA) is 15.3 Å². The van der Waals surface area contributed by atoms with Crippen LogP contribution in [0.4, 0.5) is 0 Å². The van der Waals surface area contributed by atoms with Crippen LogP contribution < -0.4 is 5.32 Å². The van der Waals surface area contributed by atoms with Crippen molar-refractivity contribution < 1.29 is 0 Å². The fraction of sp³-hybridized carbons (Fsp3) is 0.600. The zero-order chi connectivity index (χ0) is 10.6. The van der Waals surface area contributed by atoms with E-state index in [2.05, 4.69) is 59.3 Å². The summed E-state index contributed by atoms with van der Waals surface area (Å²) in [5.74, 6) is 0. The molecule has 0 bridgehead atoms. The Kier molecular flexibility index (Phi) is 5.09. The van der Waals surface area contributed by atoms with Crippen molar-refractivity contribution in [1.82, 2.24) is 10.2 Å². The van der Waals surface area contributed by atoms with Gasteiger partial charge in [0.2, 0.25) is 0 Å². The average molecular weight is 277 g/mol. The third-order valence-electron chi connectivity index (χ3n) is 2.13. The molecule has 1 aromatic heterocycles. The first-order chi connectivity index (χ1) is 6.65. The molecular weight excluding hydrogens is 260 g/mol. The predicted octanol–water partition coefficient (Wildman–Crippen LogP) is 2.72. The van der Waals surface area contributed by atoms with E-state index in [1.54, 1.807) is 0 Å². The van der Waals surface area contributed by atoms with Gasteiger partial charge in [0.25, 0.3) is 0 Å². The number of thiophene rings is 1. The fourth-order valence-electron chi connectivity index (χ4n) is 1.33. The van der Waals surface area contributed by atoms with Crippen molar-refractivity contribution in [3.05, 3.63) is 20.8 Å². The number of rotatable bonds is 5. The highest BCUT2D eigenvalue weighted by Gasteiger charge is 2.14. The van der Waals surface area contributed by atoms with Gasteiger partial charge in [-0.25, -0.2) is 0 Å². The number of hydrogen-bond acceptors (Lipinski definition) is 3. The molecule has 0 saturated heterocycles. The van der Waals surface area contributed by atoms with E-state index in [0.717, 1.165) is 13.1 Å². The van der Waals surface area contributed by atoms with Crippen molar-refractivity contribution in [1.29, 1.82) is 0 Å². The van der Waals surface area contributed by atoms with Crippen molar-refractivity contribution in [2.24, 2.45) is 0 Å². The smallest absolute Gasteiger partial charge is 0.0702 e. The minimum Gasteiger partial charge on any atom is -0.315 e. The summed E-state index contributed by atoms with van der Waals surface area (Å²) in [6.07, 6.45) is 0. The van der Waals surface area contributed by atoms with Crippen molar-refractivity contribution in [3.8, 4) is 0 Å². The van der Waals surface area contributed by atoms with E-state index < -0.39 is 0 Å². The molecule has 0 aliphatic carbocycles. The molecule has 0 aliphatic heterocycles. The van der Waals surface area contributed by atoms with Gasteiger partial charge in [0.05, 0.1) is 9.83 Å². The van der Waals surface area contributed by atoms with Gasteiger partial charge in [-0.1, -0.05) is 6.92 Å². The molecule has 0 radical (unpaired) electrons. The van der Waals surface area contributed by atoms with Gasteiger partial charge in [-0.15, -0.1) is 11.3 Å². The number of nitrogens with one attached hydrogen (secondary N) is 1. The summed E-state index contributed by atoms with van der Waals surface area (Å²) in [7, 11) is 4.24. The predicted molar refractivity (Wildman–Crippen MR) is 67.0 cm³/mol.